The molecule has 2 amide bonds. The topological polar surface area (TPSA) is 69.6 Å². The van der Waals surface area contributed by atoms with Crippen LogP contribution in [0, 0.1) is 6.92 Å². The molecule has 1 aromatic rings. The molecule has 0 unspecified atom stereocenters. The Morgan fingerprint density at radius 1 is 1.35 bits per heavy atom. The number of hydrogen-bond donors (Lipinski definition) is 2. The van der Waals surface area contributed by atoms with Crippen LogP contribution in [-0.4, -0.2) is 34.6 Å². The largest absolute Gasteiger partial charge is 0.480 e. The molecule has 5 nitrogen and oxygen atoms in total. The number of nitrogens with one attached hydrogen (secondary N) is 1. The van der Waals surface area contributed by atoms with Gasteiger partial charge in [0, 0.05) is 6.04 Å². The highest BCUT2D eigenvalue weighted by Crippen LogP contribution is 2.33. The lowest BCUT2D eigenvalue weighted by Crippen LogP contribution is -2.43. The monoisotopic (exact) mass is 318 g/mol. The fraction of sp³-hybridized carbons (Fsp3) is 0.385. The van der Waals surface area contributed by atoms with Crippen molar-refractivity contribution in [3.63, 3.8) is 0 Å². The summed E-state index contributed by atoms with van der Waals surface area (Å²) in [4.78, 5) is 24.1. The smallest absolute Gasteiger partial charge is 0.323 e. The van der Waals surface area contributed by atoms with Gasteiger partial charge in [-0.2, -0.15) is 0 Å². The molecule has 1 aromatic carbocycles. The number of carbonyl (C=O) groups is 2. The van der Waals surface area contributed by atoms with Crippen molar-refractivity contribution < 1.29 is 14.7 Å². The first-order chi connectivity index (χ1) is 9.23. The number of anilines is 1. The molecule has 1 rings (SSSR count). The van der Waals surface area contributed by atoms with Crippen molar-refractivity contribution in [2.24, 2.45) is 0 Å². The molecule has 0 heterocycles. The third-order valence-corrected chi connectivity index (χ3v) is 3.51. The van der Waals surface area contributed by atoms with E-state index in [2.05, 4.69) is 5.32 Å². The van der Waals surface area contributed by atoms with Gasteiger partial charge in [0.05, 0.1) is 15.7 Å². The van der Waals surface area contributed by atoms with Crippen LogP contribution in [0.25, 0.3) is 0 Å². The molecule has 0 fully saturated rings. The van der Waals surface area contributed by atoms with Crippen LogP contribution in [0.2, 0.25) is 10.0 Å². The van der Waals surface area contributed by atoms with Gasteiger partial charge in [0.15, 0.2) is 0 Å². The van der Waals surface area contributed by atoms with Gasteiger partial charge in [-0.3, -0.25) is 4.79 Å². The molecule has 0 radical (unpaired) electrons. The summed E-state index contributed by atoms with van der Waals surface area (Å²) in [5, 5.41) is 12.0. The minimum atomic E-state index is -1.09. The van der Waals surface area contributed by atoms with Crippen molar-refractivity contribution in [3.8, 4) is 0 Å². The number of aliphatic carboxylic acids is 1. The Hall–Kier alpha value is -1.46. The van der Waals surface area contributed by atoms with Crippen LogP contribution in [-0.2, 0) is 4.79 Å². The van der Waals surface area contributed by atoms with Gasteiger partial charge in [-0.05, 0) is 32.4 Å². The lowest BCUT2D eigenvalue weighted by Gasteiger charge is -2.25. The number of carboxylic acids is 1. The Balaban J connectivity index is 2.99. The number of rotatable bonds is 4. The Morgan fingerprint density at radius 2 is 1.95 bits per heavy atom. The molecule has 0 saturated carbocycles. The van der Waals surface area contributed by atoms with Crippen molar-refractivity contribution in [2.75, 3.05) is 11.9 Å². The zero-order valence-electron chi connectivity index (χ0n) is 11.4. The highest BCUT2D eigenvalue weighted by atomic mass is 35.5. The lowest BCUT2D eigenvalue weighted by molar-refractivity contribution is -0.137. The van der Waals surface area contributed by atoms with E-state index < -0.39 is 18.5 Å². The summed E-state index contributed by atoms with van der Waals surface area (Å²) < 4.78 is 0. The highest BCUT2D eigenvalue weighted by Gasteiger charge is 2.21. The van der Waals surface area contributed by atoms with Crippen LogP contribution < -0.4 is 5.32 Å². The van der Waals surface area contributed by atoms with E-state index in [1.165, 1.54) is 4.90 Å². The molecule has 0 aromatic heterocycles. The Bertz CT molecular complexity index is 533. The zero-order chi connectivity index (χ0) is 15.4. The van der Waals surface area contributed by atoms with Crippen molar-refractivity contribution in [1.82, 2.24) is 4.90 Å². The number of urea groups is 1. The van der Waals surface area contributed by atoms with E-state index in [0.717, 1.165) is 5.56 Å². The lowest BCUT2D eigenvalue weighted by atomic mass is 10.2. The number of carbonyl (C=O) groups excluding carboxylic acids is 1. The summed E-state index contributed by atoms with van der Waals surface area (Å²) >= 11 is 12.1. The normalized spacial score (nSPS) is 10.5. The van der Waals surface area contributed by atoms with Crippen LogP contribution >= 0.6 is 23.2 Å². The maximum absolute atomic E-state index is 12.1. The van der Waals surface area contributed by atoms with Crippen LogP contribution in [0.1, 0.15) is 19.4 Å². The molecule has 0 aliphatic rings. The predicted octanol–water partition coefficient (Wildman–Crippen LogP) is 3.63. The first kappa shape index (κ1) is 16.6. The molecule has 0 spiro atoms. The van der Waals surface area contributed by atoms with Gasteiger partial charge in [0.1, 0.15) is 6.54 Å². The van der Waals surface area contributed by atoms with Crippen molar-refractivity contribution in [3.05, 3.63) is 27.7 Å². The van der Waals surface area contributed by atoms with E-state index in [9.17, 15) is 9.59 Å². The molecule has 110 valence electrons. The first-order valence-electron chi connectivity index (χ1n) is 5.98. The van der Waals surface area contributed by atoms with Gasteiger partial charge < -0.3 is 15.3 Å². The van der Waals surface area contributed by atoms with Gasteiger partial charge in [-0.25, -0.2) is 4.79 Å². The fourth-order valence-electron chi connectivity index (χ4n) is 1.58. The Morgan fingerprint density at radius 3 is 2.45 bits per heavy atom. The Kier molecular flexibility index (Phi) is 5.65. The molecular weight excluding hydrogens is 303 g/mol. The number of nitrogens with zero attached hydrogens (tertiary/aromatic N) is 1. The van der Waals surface area contributed by atoms with E-state index >= 15 is 0 Å². The number of hydrogen-bond acceptors (Lipinski definition) is 2. The van der Waals surface area contributed by atoms with Crippen LogP contribution in [0.4, 0.5) is 10.5 Å². The summed E-state index contributed by atoms with van der Waals surface area (Å²) in [7, 11) is 0. The molecule has 0 atom stereocenters. The van der Waals surface area contributed by atoms with E-state index in [1.807, 2.05) is 0 Å². The van der Waals surface area contributed by atoms with Gasteiger partial charge >= 0.3 is 12.0 Å². The maximum atomic E-state index is 12.1. The van der Waals surface area contributed by atoms with Crippen LogP contribution in [0.3, 0.4) is 0 Å². The quantitative estimate of drug-likeness (QED) is 0.890. The molecule has 0 aliphatic carbocycles. The zero-order valence-corrected chi connectivity index (χ0v) is 12.9. The maximum Gasteiger partial charge on any atom is 0.323 e. The minimum absolute atomic E-state index is 0.270. The standard InChI is InChI=1S/C13H16Cl2N2O3/c1-7(2)17(6-10(18)19)13(20)16-12-9(14)5-4-8(3)11(12)15/h4-5,7H,6H2,1-3H3,(H,16,20)(H,18,19). The number of halogens is 2. The van der Waals surface area contributed by atoms with Crippen LogP contribution in [0.5, 0.6) is 0 Å². The molecule has 2 N–H and O–H groups in total. The van der Waals surface area contributed by atoms with Crippen molar-refractivity contribution >= 4 is 40.9 Å². The molecule has 0 saturated heterocycles. The number of carboxylic acid groups (broad SMARTS) is 1. The summed E-state index contributed by atoms with van der Waals surface area (Å²) in [5.74, 6) is -1.09. The second-order valence-corrected chi connectivity index (χ2v) is 5.38. The predicted molar refractivity (Wildman–Crippen MR) is 79.7 cm³/mol. The van der Waals surface area contributed by atoms with Gasteiger partial charge in [0.25, 0.3) is 0 Å². The number of aryl methyl sites for hydroxylation is 1. The average molecular weight is 319 g/mol. The van der Waals surface area contributed by atoms with Gasteiger partial charge in [0.2, 0.25) is 0 Å². The Labute approximate surface area is 127 Å². The van der Waals surface area contributed by atoms with Gasteiger partial charge in [-0.15, -0.1) is 0 Å². The molecule has 0 bridgehead atoms. The highest BCUT2D eigenvalue weighted by molar-refractivity contribution is 6.40. The fourth-order valence-corrected chi connectivity index (χ4v) is 2.05. The number of amides is 2. The van der Waals surface area contributed by atoms with Gasteiger partial charge in [-0.1, -0.05) is 29.3 Å². The van der Waals surface area contributed by atoms with Crippen molar-refractivity contribution in [1.29, 1.82) is 0 Å². The summed E-state index contributed by atoms with van der Waals surface area (Å²) in [5.41, 5.74) is 1.05. The van der Waals surface area contributed by atoms with E-state index in [1.54, 1.807) is 32.9 Å². The van der Waals surface area contributed by atoms with Crippen molar-refractivity contribution in [2.45, 2.75) is 26.8 Å². The summed E-state index contributed by atoms with van der Waals surface area (Å²) in [6.45, 7) is 4.83. The molecule has 20 heavy (non-hydrogen) atoms. The number of benzene rings is 1. The SMILES string of the molecule is Cc1ccc(Cl)c(NC(=O)N(CC(=O)O)C(C)C)c1Cl. The second-order valence-electron chi connectivity index (χ2n) is 4.60. The van der Waals surface area contributed by atoms with E-state index in [4.69, 9.17) is 28.3 Å². The van der Waals surface area contributed by atoms with E-state index in [-0.39, 0.29) is 11.7 Å². The third-order valence-electron chi connectivity index (χ3n) is 2.71. The van der Waals surface area contributed by atoms with E-state index in [0.29, 0.717) is 10.0 Å². The minimum Gasteiger partial charge on any atom is -0.480 e. The summed E-state index contributed by atoms with van der Waals surface area (Å²) in [6.07, 6.45) is 0. The molecule has 7 heteroatoms. The average Bonchev–Trinajstić information content (AvgIpc) is 2.35. The summed E-state index contributed by atoms with van der Waals surface area (Å²) in [6, 6.07) is 2.53. The van der Waals surface area contributed by atoms with Crippen LogP contribution in [0.15, 0.2) is 12.1 Å². The second kappa shape index (κ2) is 6.81. The molecule has 0 aliphatic heterocycles. The third kappa shape index (κ3) is 4.02. The molecular formula is C13H16Cl2N2O3. The first-order valence-corrected chi connectivity index (χ1v) is 6.73.